The van der Waals surface area contributed by atoms with Crippen molar-refractivity contribution >= 4 is 11.8 Å². The summed E-state index contributed by atoms with van der Waals surface area (Å²) in [4.78, 5) is 0. The molecule has 0 saturated carbocycles. The highest BCUT2D eigenvalue weighted by atomic mass is 32.2. The second-order valence-corrected chi connectivity index (χ2v) is 5.23. The molecular weight excluding hydrogens is 194 g/mol. The van der Waals surface area contributed by atoms with Gasteiger partial charge in [0.25, 0.3) is 0 Å². The van der Waals surface area contributed by atoms with E-state index in [2.05, 4.69) is 19.9 Å². The van der Waals surface area contributed by atoms with Gasteiger partial charge in [0.15, 0.2) is 0 Å². The Morgan fingerprint density at radius 2 is 2.43 bits per heavy atom. The molecule has 0 spiro atoms. The van der Waals surface area contributed by atoms with E-state index in [-0.39, 0.29) is 6.04 Å². The fourth-order valence-electron chi connectivity index (χ4n) is 1.30. The van der Waals surface area contributed by atoms with Crippen molar-refractivity contribution < 1.29 is 4.74 Å². The Kier molecular flexibility index (Phi) is 5.41. The van der Waals surface area contributed by atoms with Gasteiger partial charge in [-0.05, 0) is 25.3 Å². The van der Waals surface area contributed by atoms with Crippen LogP contribution >= 0.6 is 11.8 Å². The Morgan fingerprint density at radius 3 is 3.00 bits per heavy atom. The SMILES string of the molecule is CCC(C)SCC(N)C1=CCCCO1. The van der Waals surface area contributed by atoms with Crippen LogP contribution in [0.15, 0.2) is 11.8 Å². The number of thioether (sulfide) groups is 1. The fraction of sp³-hybridized carbons (Fsp3) is 0.818. The number of ether oxygens (including phenoxy) is 1. The molecule has 0 amide bonds. The zero-order valence-electron chi connectivity index (χ0n) is 9.16. The fourth-order valence-corrected chi connectivity index (χ4v) is 2.24. The molecule has 1 aliphatic rings. The molecule has 2 unspecified atom stereocenters. The molecule has 0 aliphatic carbocycles. The lowest BCUT2D eigenvalue weighted by Crippen LogP contribution is -2.29. The largest absolute Gasteiger partial charge is 0.497 e. The highest BCUT2D eigenvalue weighted by Gasteiger charge is 2.14. The number of hydrogen-bond donors (Lipinski definition) is 1. The normalized spacial score (nSPS) is 20.9. The average Bonchev–Trinajstić information content (AvgIpc) is 2.26. The Labute approximate surface area is 91.3 Å². The number of hydrogen-bond acceptors (Lipinski definition) is 3. The maximum absolute atomic E-state index is 6.04. The van der Waals surface area contributed by atoms with Crippen molar-refractivity contribution in [2.45, 2.75) is 44.4 Å². The van der Waals surface area contributed by atoms with Crippen molar-refractivity contribution in [2.75, 3.05) is 12.4 Å². The van der Waals surface area contributed by atoms with Crippen LogP contribution in [0.1, 0.15) is 33.1 Å². The van der Waals surface area contributed by atoms with Crippen LogP contribution < -0.4 is 5.73 Å². The van der Waals surface area contributed by atoms with Gasteiger partial charge in [-0.15, -0.1) is 0 Å². The topological polar surface area (TPSA) is 35.2 Å². The van der Waals surface area contributed by atoms with Crippen LogP contribution in [0.4, 0.5) is 0 Å². The molecule has 3 heteroatoms. The molecule has 1 aliphatic heterocycles. The maximum atomic E-state index is 6.04. The number of nitrogens with two attached hydrogens (primary N) is 1. The van der Waals surface area contributed by atoms with E-state index in [0.717, 1.165) is 31.0 Å². The third kappa shape index (κ3) is 3.93. The van der Waals surface area contributed by atoms with Crippen LogP contribution in [0.25, 0.3) is 0 Å². The van der Waals surface area contributed by atoms with Crippen LogP contribution in [0.5, 0.6) is 0 Å². The molecule has 82 valence electrons. The van der Waals surface area contributed by atoms with Crippen molar-refractivity contribution in [2.24, 2.45) is 5.73 Å². The first-order chi connectivity index (χ1) is 6.74. The molecule has 1 rings (SSSR count). The summed E-state index contributed by atoms with van der Waals surface area (Å²) in [6.45, 7) is 5.29. The molecule has 0 radical (unpaired) electrons. The standard InChI is InChI=1S/C11H21NOS/c1-3-9(2)14-8-10(12)11-6-4-5-7-13-11/h6,9-10H,3-5,7-8,12H2,1-2H3. The van der Waals surface area contributed by atoms with E-state index in [1.807, 2.05) is 11.8 Å². The van der Waals surface area contributed by atoms with Gasteiger partial charge in [-0.2, -0.15) is 11.8 Å². The summed E-state index contributed by atoms with van der Waals surface area (Å²) in [5.41, 5.74) is 6.04. The molecule has 0 aromatic carbocycles. The molecule has 0 fully saturated rings. The quantitative estimate of drug-likeness (QED) is 0.765. The smallest absolute Gasteiger partial charge is 0.110 e. The van der Waals surface area contributed by atoms with Gasteiger partial charge in [0, 0.05) is 11.0 Å². The lowest BCUT2D eigenvalue weighted by atomic mass is 10.2. The summed E-state index contributed by atoms with van der Waals surface area (Å²) >= 11 is 1.93. The Morgan fingerprint density at radius 1 is 1.64 bits per heavy atom. The summed E-state index contributed by atoms with van der Waals surface area (Å²) in [5.74, 6) is 1.98. The highest BCUT2D eigenvalue weighted by molar-refractivity contribution is 7.99. The number of allylic oxidation sites excluding steroid dienone is 1. The van der Waals surface area contributed by atoms with E-state index in [4.69, 9.17) is 10.5 Å². The van der Waals surface area contributed by atoms with E-state index < -0.39 is 0 Å². The van der Waals surface area contributed by atoms with Crippen molar-refractivity contribution in [3.8, 4) is 0 Å². The van der Waals surface area contributed by atoms with Crippen LogP contribution in [-0.4, -0.2) is 23.7 Å². The molecule has 14 heavy (non-hydrogen) atoms. The summed E-state index contributed by atoms with van der Waals surface area (Å²) in [5, 5.41) is 0.699. The first-order valence-electron chi connectivity index (χ1n) is 5.44. The van der Waals surface area contributed by atoms with Crippen LogP contribution in [0.2, 0.25) is 0 Å². The molecular formula is C11H21NOS. The maximum Gasteiger partial charge on any atom is 0.110 e. The Balaban J connectivity index is 2.26. The third-order valence-electron chi connectivity index (χ3n) is 2.46. The van der Waals surface area contributed by atoms with Crippen molar-refractivity contribution in [1.29, 1.82) is 0 Å². The van der Waals surface area contributed by atoms with E-state index in [9.17, 15) is 0 Å². The molecule has 1 heterocycles. The predicted molar refractivity (Wildman–Crippen MR) is 63.5 cm³/mol. The van der Waals surface area contributed by atoms with Crippen LogP contribution in [0, 0.1) is 0 Å². The Bertz CT molecular complexity index is 194. The van der Waals surface area contributed by atoms with Crippen molar-refractivity contribution in [3.63, 3.8) is 0 Å². The van der Waals surface area contributed by atoms with Gasteiger partial charge < -0.3 is 10.5 Å². The minimum absolute atomic E-state index is 0.0919. The minimum atomic E-state index is 0.0919. The van der Waals surface area contributed by atoms with Gasteiger partial charge in [-0.25, -0.2) is 0 Å². The van der Waals surface area contributed by atoms with Crippen LogP contribution in [-0.2, 0) is 4.74 Å². The summed E-state index contributed by atoms with van der Waals surface area (Å²) in [6, 6.07) is 0.0919. The van der Waals surface area contributed by atoms with Gasteiger partial charge in [-0.3, -0.25) is 0 Å². The van der Waals surface area contributed by atoms with Gasteiger partial charge in [0.2, 0.25) is 0 Å². The Hall–Kier alpha value is -0.150. The average molecular weight is 215 g/mol. The third-order valence-corrected chi connectivity index (χ3v) is 3.92. The molecule has 0 aromatic heterocycles. The van der Waals surface area contributed by atoms with Gasteiger partial charge in [0.1, 0.15) is 5.76 Å². The van der Waals surface area contributed by atoms with Crippen molar-refractivity contribution in [1.82, 2.24) is 0 Å². The molecule has 2 nitrogen and oxygen atoms in total. The zero-order valence-corrected chi connectivity index (χ0v) is 9.98. The first-order valence-corrected chi connectivity index (χ1v) is 6.49. The first kappa shape index (κ1) is 11.9. The van der Waals surface area contributed by atoms with E-state index >= 15 is 0 Å². The summed E-state index contributed by atoms with van der Waals surface area (Å²) in [7, 11) is 0. The second kappa shape index (κ2) is 6.36. The highest BCUT2D eigenvalue weighted by Crippen LogP contribution is 2.19. The molecule has 0 saturated heterocycles. The van der Waals surface area contributed by atoms with Gasteiger partial charge in [-0.1, -0.05) is 13.8 Å². The zero-order chi connectivity index (χ0) is 10.4. The molecule has 0 bridgehead atoms. The second-order valence-electron chi connectivity index (χ2n) is 3.76. The lowest BCUT2D eigenvalue weighted by molar-refractivity contribution is 0.179. The lowest BCUT2D eigenvalue weighted by Gasteiger charge is -2.21. The van der Waals surface area contributed by atoms with Gasteiger partial charge in [0.05, 0.1) is 12.6 Å². The van der Waals surface area contributed by atoms with E-state index in [1.54, 1.807) is 0 Å². The molecule has 0 aromatic rings. The molecule has 2 atom stereocenters. The van der Waals surface area contributed by atoms with E-state index in [0.29, 0.717) is 5.25 Å². The monoisotopic (exact) mass is 215 g/mol. The minimum Gasteiger partial charge on any atom is -0.497 e. The summed E-state index contributed by atoms with van der Waals surface area (Å²) in [6.07, 6.45) is 5.61. The van der Waals surface area contributed by atoms with Crippen LogP contribution in [0.3, 0.4) is 0 Å². The summed E-state index contributed by atoms with van der Waals surface area (Å²) < 4.78 is 5.53. The van der Waals surface area contributed by atoms with E-state index in [1.165, 1.54) is 6.42 Å². The predicted octanol–water partition coefficient (Wildman–Crippen LogP) is 2.54. The molecule has 2 N–H and O–H groups in total. The van der Waals surface area contributed by atoms with Crippen molar-refractivity contribution in [3.05, 3.63) is 11.8 Å². The number of rotatable bonds is 5. The van der Waals surface area contributed by atoms with Gasteiger partial charge >= 0.3 is 0 Å².